The fourth-order valence-electron chi connectivity index (χ4n) is 1.79. The van der Waals surface area contributed by atoms with E-state index in [-0.39, 0.29) is 11.9 Å². The molecule has 0 aliphatic rings. The lowest BCUT2D eigenvalue weighted by atomic mass is 10.2. The van der Waals surface area contributed by atoms with Crippen LogP contribution in [-0.4, -0.2) is 17.9 Å². The van der Waals surface area contributed by atoms with Crippen LogP contribution >= 0.6 is 15.9 Å². The van der Waals surface area contributed by atoms with Crippen molar-refractivity contribution >= 4 is 27.7 Å². The lowest BCUT2D eigenvalue weighted by Crippen LogP contribution is -2.15. The van der Waals surface area contributed by atoms with Crippen LogP contribution < -0.4 is 10.5 Å². The van der Waals surface area contributed by atoms with Crippen LogP contribution in [0.2, 0.25) is 0 Å². The summed E-state index contributed by atoms with van der Waals surface area (Å²) in [4.78, 5) is 16.9. The standard InChI is InChI=1S/C17H17BrN2O3/c1-11(2)22-15-5-3-4-13(10-15)17(21)23-20-16(19)12-6-8-14(18)9-7-12/h3-11H,1-2H3,(H2,19,20). The highest BCUT2D eigenvalue weighted by Gasteiger charge is 2.10. The predicted octanol–water partition coefficient (Wildman–Crippen LogP) is 3.71. The van der Waals surface area contributed by atoms with Gasteiger partial charge in [0, 0.05) is 10.0 Å². The zero-order valence-electron chi connectivity index (χ0n) is 12.8. The predicted molar refractivity (Wildman–Crippen MR) is 92.5 cm³/mol. The first-order chi connectivity index (χ1) is 11.0. The van der Waals surface area contributed by atoms with Crippen LogP contribution in [0, 0.1) is 0 Å². The third kappa shape index (κ3) is 5.10. The zero-order chi connectivity index (χ0) is 16.8. The summed E-state index contributed by atoms with van der Waals surface area (Å²) in [5.74, 6) is 0.124. The normalized spacial score (nSPS) is 11.4. The van der Waals surface area contributed by atoms with E-state index in [1.165, 1.54) is 0 Å². The number of carbonyl (C=O) groups excluding carboxylic acids is 1. The molecule has 0 atom stereocenters. The van der Waals surface area contributed by atoms with Crippen LogP contribution in [0.15, 0.2) is 58.2 Å². The second-order valence-corrected chi connectivity index (χ2v) is 5.97. The zero-order valence-corrected chi connectivity index (χ0v) is 14.4. The molecule has 0 aliphatic heterocycles. The first kappa shape index (κ1) is 17.0. The Labute approximate surface area is 143 Å². The van der Waals surface area contributed by atoms with Gasteiger partial charge in [0.05, 0.1) is 11.7 Å². The number of ether oxygens (including phenoxy) is 1. The number of benzene rings is 2. The number of amidine groups is 1. The minimum atomic E-state index is -0.598. The van der Waals surface area contributed by atoms with Crippen molar-refractivity contribution < 1.29 is 14.4 Å². The monoisotopic (exact) mass is 376 g/mol. The van der Waals surface area contributed by atoms with Crippen molar-refractivity contribution in [2.75, 3.05) is 0 Å². The van der Waals surface area contributed by atoms with Crippen LogP contribution in [0.3, 0.4) is 0 Å². The molecule has 0 saturated heterocycles. The topological polar surface area (TPSA) is 73.9 Å². The largest absolute Gasteiger partial charge is 0.491 e. The Bertz CT molecular complexity index is 712. The van der Waals surface area contributed by atoms with Crippen LogP contribution in [0.5, 0.6) is 5.75 Å². The quantitative estimate of drug-likeness (QED) is 0.373. The summed E-state index contributed by atoms with van der Waals surface area (Å²) < 4.78 is 6.46. The number of rotatable bonds is 5. The Kier molecular flexibility index (Phi) is 5.76. The number of oxime groups is 1. The molecule has 0 heterocycles. The second-order valence-electron chi connectivity index (χ2n) is 5.06. The molecule has 0 aromatic heterocycles. The highest BCUT2D eigenvalue weighted by Crippen LogP contribution is 2.16. The summed E-state index contributed by atoms with van der Waals surface area (Å²) in [6, 6.07) is 13.9. The third-order valence-electron chi connectivity index (χ3n) is 2.81. The first-order valence-electron chi connectivity index (χ1n) is 7.03. The van der Waals surface area contributed by atoms with Crippen molar-refractivity contribution in [3.63, 3.8) is 0 Å². The van der Waals surface area contributed by atoms with Gasteiger partial charge in [0.15, 0.2) is 5.84 Å². The Balaban J connectivity index is 2.06. The van der Waals surface area contributed by atoms with E-state index in [0.29, 0.717) is 16.9 Å². The smallest absolute Gasteiger partial charge is 0.365 e. The Morgan fingerprint density at radius 1 is 1.13 bits per heavy atom. The van der Waals surface area contributed by atoms with Crippen LogP contribution in [0.1, 0.15) is 29.8 Å². The van der Waals surface area contributed by atoms with Gasteiger partial charge in [-0.3, -0.25) is 0 Å². The van der Waals surface area contributed by atoms with Gasteiger partial charge in [0.1, 0.15) is 5.75 Å². The van der Waals surface area contributed by atoms with Crippen molar-refractivity contribution in [2.45, 2.75) is 20.0 Å². The van der Waals surface area contributed by atoms with Crippen molar-refractivity contribution in [3.8, 4) is 5.75 Å². The highest BCUT2D eigenvalue weighted by atomic mass is 79.9. The van der Waals surface area contributed by atoms with Crippen LogP contribution in [0.4, 0.5) is 0 Å². The van der Waals surface area contributed by atoms with Gasteiger partial charge >= 0.3 is 5.97 Å². The number of nitrogens with zero attached hydrogens (tertiary/aromatic N) is 1. The van der Waals surface area contributed by atoms with Gasteiger partial charge in [0.2, 0.25) is 0 Å². The number of hydrogen-bond donors (Lipinski definition) is 1. The molecule has 0 amide bonds. The lowest BCUT2D eigenvalue weighted by molar-refractivity contribution is 0.0515. The molecule has 2 rings (SSSR count). The molecule has 2 aromatic carbocycles. The summed E-state index contributed by atoms with van der Waals surface area (Å²) in [7, 11) is 0. The fourth-order valence-corrected chi connectivity index (χ4v) is 2.05. The van der Waals surface area contributed by atoms with Gasteiger partial charge in [-0.2, -0.15) is 0 Å². The van der Waals surface area contributed by atoms with Gasteiger partial charge in [-0.1, -0.05) is 39.3 Å². The molecule has 120 valence electrons. The molecule has 0 spiro atoms. The molecule has 5 nitrogen and oxygen atoms in total. The maximum atomic E-state index is 12.0. The lowest BCUT2D eigenvalue weighted by Gasteiger charge is -2.10. The van der Waals surface area contributed by atoms with E-state index >= 15 is 0 Å². The van der Waals surface area contributed by atoms with E-state index in [0.717, 1.165) is 4.47 Å². The van der Waals surface area contributed by atoms with Gasteiger partial charge < -0.3 is 15.3 Å². The Morgan fingerprint density at radius 3 is 2.48 bits per heavy atom. The molecule has 23 heavy (non-hydrogen) atoms. The molecule has 0 radical (unpaired) electrons. The van der Waals surface area contributed by atoms with Crippen molar-refractivity contribution in [3.05, 3.63) is 64.1 Å². The first-order valence-corrected chi connectivity index (χ1v) is 7.82. The molecule has 0 fully saturated rings. The molecule has 0 unspecified atom stereocenters. The van der Waals surface area contributed by atoms with E-state index in [9.17, 15) is 4.79 Å². The van der Waals surface area contributed by atoms with Crippen molar-refractivity contribution in [2.24, 2.45) is 10.9 Å². The van der Waals surface area contributed by atoms with E-state index in [1.54, 1.807) is 36.4 Å². The van der Waals surface area contributed by atoms with E-state index in [1.807, 2.05) is 26.0 Å². The average molecular weight is 377 g/mol. The minimum Gasteiger partial charge on any atom is -0.491 e. The van der Waals surface area contributed by atoms with E-state index < -0.39 is 5.97 Å². The van der Waals surface area contributed by atoms with Crippen molar-refractivity contribution in [1.82, 2.24) is 0 Å². The van der Waals surface area contributed by atoms with Crippen LogP contribution in [-0.2, 0) is 4.84 Å². The molecular weight excluding hydrogens is 360 g/mol. The molecule has 0 aliphatic carbocycles. The maximum Gasteiger partial charge on any atom is 0.365 e. The Hall–Kier alpha value is -2.34. The Morgan fingerprint density at radius 2 is 1.83 bits per heavy atom. The number of nitrogens with two attached hydrogens (primary N) is 1. The van der Waals surface area contributed by atoms with Gasteiger partial charge in [0.25, 0.3) is 0 Å². The fraction of sp³-hybridized carbons (Fsp3) is 0.176. The molecule has 2 N–H and O–H groups in total. The summed E-state index contributed by atoms with van der Waals surface area (Å²) >= 11 is 3.33. The summed E-state index contributed by atoms with van der Waals surface area (Å²) in [6.07, 6.45) is 0.0207. The van der Waals surface area contributed by atoms with E-state index in [4.69, 9.17) is 15.3 Å². The number of hydrogen-bond acceptors (Lipinski definition) is 4. The summed E-state index contributed by atoms with van der Waals surface area (Å²) in [5, 5.41) is 3.68. The second kappa shape index (κ2) is 7.78. The minimum absolute atomic E-state index is 0.0207. The highest BCUT2D eigenvalue weighted by molar-refractivity contribution is 9.10. The van der Waals surface area contributed by atoms with Gasteiger partial charge in [-0.25, -0.2) is 4.79 Å². The average Bonchev–Trinajstić information content (AvgIpc) is 2.52. The molecular formula is C17H17BrN2O3. The molecule has 6 heteroatoms. The van der Waals surface area contributed by atoms with E-state index in [2.05, 4.69) is 21.1 Å². The SMILES string of the molecule is CC(C)Oc1cccc(C(=O)O/N=C(/N)c2ccc(Br)cc2)c1. The summed E-state index contributed by atoms with van der Waals surface area (Å²) in [6.45, 7) is 3.82. The number of carbonyl (C=O) groups is 1. The van der Waals surface area contributed by atoms with Crippen molar-refractivity contribution in [1.29, 1.82) is 0 Å². The maximum absolute atomic E-state index is 12.0. The molecule has 2 aromatic rings. The molecule has 0 bridgehead atoms. The molecule has 0 saturated carbocycles. The van der Waals surface area contributed by atoms with Crippen LogP contribution in [0.25, 0.3) is 0 Å². The third-order valence-corrected chi connectivity index (χ3v) is 3.34. The van der Waals surface area contributed by atoms with Gasteiger partial charge in [-0.15, -0.1) is 0 Å². The number of halogens is 1. The summed E-state index contributed by atoms with van der Waals surface area (Å²) in [5.41, 5.74) is 6.81. The van der Waals surface area contributed by atoms with Gasteiger partial charge in [-0.05, 0) is 44.2 Å².